The normalized spacial score (nSPS) is 15.5. The Labute approximate surface area is 162 Å². The van der Waals surface area contributed by atoms with Gasteiger partial charge in [-0.1, -0.05) is 36.8 Å². The quantitative estimate of drug-likeness (QED) is 0.636. The summed E-state index contributed by atoms with van der Waals surface area (Å²) in [5.41, 5.74) is 3.49. The predicted molar refractivity (Wildman–Crippen MR) is 113 cm³/mol. The third-order valence-electron chi connectivity index (χ3n) is 4.91. The topological polar surface area (TPSA) is 33.3 Å². The van der Waals surface area contributed by atoms with Crippen LogP contribution in [0.3, 0.4) is 0 Å². The SMILES string of the molecule is CCC(NC(=S)Nc1ccc(OC2CCCC2)cc1)c1ccc(C)cc1. The first-order valence-electron chi connectivity index (χ1n) is 9.55. The van der Waals surface area contributed by atoms with Gasteiger partial charge in [-0.25, -0.2) is 0 Å². The van der Waals surface area contributed by atoms with Crippen LogP contribution in [0.5, 0.6) is 5.75 Å². The molecule has 2 aromatic rings. The molecule has 1 atom stereocenters. The highest BCUT2D eigenvalue weighted by Crippen LogP contribution is 2.25. The summed E-state index contributed by atoms with van der Waals surface area (Å²) in [6.07, 6.45) is 6.26. The van der Waals surface area contributed by atoms with Crippen LogP contribution < -0.4 is 15.4 Å². The van der Waals surface area contributed by atoms with E-state index >= 15 is 0 Å². The fraction of sp³-hybridized carbons (Fsp3) is 0.409. The second-order valence-corrected chi connectivity index (χ2v) is 7.43. The number of ether oxygens (including phenoxy) is 1. The molecule has 3 rings (SSSR count). The van der Waals surface area contributed by atoms with Crippen LogP contribution in [0.4, 0.5) is 5.69 Å². The van der Waals surface area contributed by atoms with Crippen LogP contribution in [-0.4, -0.2) is 11.2 Å². The van der Waals surface area contributed by atoms with Crippen molar-refractivity contribution in [2.24, 2.45) is 0 Å². The van der Waals surface area contributed by atoms with Crippen molar-refractivity contribution in [3.8, 4) is 5.75 Å². The van der Waals surface area contributed by atoms with E-state index in [1.165, 1.54) is 36.8 Å². The summed E-state index contributed by atoms with van der Waals surface area (Å²) in [6.45, 7) is 4.26. The smallest absolute Gasteiger partial charge is 0.171 e. The molecule has 0 aromatic heterocycles. The first kappa shape index (κ1) is 18.7. The fourth-order valence-corrected chi connectivity index (χ4v) is 3.62. The molecule has 1 aliphatic carbocycles. The minimum Gasteiger partial charge on any atom is -0.490 e. The van der Waals surface area contributed by atoms with Gasteiger partial charge >= 0.3 is 0 Å². The number of thiocarbonyl (C=S) groups is 1. The summed E-state index contributed by atoms with van der Waals surface area (Å²) >= 11 is 5.50. The molecule has 0 heterocycles. The van der Waals surface area contributed by atoms with Crippen molar-refractivity contribution >= 4 is 23.0 Å². The maximum absolute atomic E-state index is 6.01. The molecule has 1 fully saturated rings. The van der Waals surface area contributed by atoms with Gasteiger partial charge in [0.25, 0.3) is 0 Å². The molecule has 0 bridgehead atoms. The molecule has 3 nitrogen and oxygen atoms in total. The minimum atomic E-state index is 0.209. The lowest BCUT2D eigenvalue weighted by Crippen LogP contribution is -2.32. The van der Waals surface area contributed by atoms with Gasteiger partial charge in [-0.15, -0.1) is 0 Å². The van der Waals surface area contributed by atoms with Crippen LogP contribution in [0, 0.1) is 6.92 Å². The van der Waals surface area contributed by atoms with Gasteiger partial charge in [0, 0.05) is 5.69 Å². The Balaban J connectivity index is 1.54. The number of hydrogen-bond donors (Lipinski definition) is 2. The number of benzene rings is 2. The number of rotatable bonds is 6. The molecule has 2 N–H and O–H groups in total. The molecule has 1 aliphatic rings. The fourth-order valence-electron chi connectivity index (χ4n) is 3.36. The van der Waals surface area contributed by atoms with Gasteiger partial charge in [-0.05, 0) is 81.1 Å². The monoisotopic (exact) mass is 368 g/mol. The molecular weight excluding hydrogens is 340 g/mol. The van der Waals surface area contributed by atoms with Crippen LogP contribution in [0.1, 0.15) is 56.2 Å². The van der Waals surface area contributed by atoms with Crippen molar-refractivity contribution < 1.29 is 4.74 Å². The summed E-state index contributed by atoms with van der Waals surface area (Å²) in [6, 6.07) is 16.9. The first-order valence-corrected chi connectivity index (χ1v) is 9.95. The Morgan fingerprint density at radius 2 is 1.73 bits per heavy atom. The summed E-state index contributed by atoms with van der Waals surface area (Å²) in [5.74, 6) is 0.937. The van der Waals surface area contributed by atoms with Crippen molar-refractivity contribution in [3.63, 3.8) is 0 Å². The molecular formula is C22H28N2OS. The van der Waals surface area contributed by atoms with Gasteiger partial charge in [0.1, 0.15) is 5.75 Å². The Morgan fingerprint density at radius 3 is 2.35 bits per heavy atom. The molecule has 4 heteroatoms. The van der Waals surface area contributed by atoms with E-state index in [4.69, 9.17) is 17.0 Å². The molecule has 138 valence electrons. The van der Waals surface area contributed by atoms with E-state index in [9.17, 15) is 0 Å². The molecule has 1 saturated carbocycles. The van der Waals surface area contributed by atoms with Gasteiger partial charge in [0.15, 0.2) is 5.11 Å². The summed E-state index contributed by atoms with van der Waals surface area (Å²) in [7, 11) is 0. The van der Waals surface area contributed by atoms with Gasteiger partial charge in [0.2, 0.25) is 0 Å². The second kappa shape index (κ2) is 9.04. The lowest BCUT2D eigenvalue weighted by atomic mass is 10.0. The van der Waals surface area contributed by atoms with Crippen LogP contribution in [0.2, 0.25) is 0 Å². The van der Waals surface area contributed by atoms with Crippen molar-refractivity contribution in [2.75, 3.05) is 5.32 Å². The Morgan fingerprint density at radius 1 is 1.08 bits per heavy atom. The highest BCUT2D eigenvalue weighted by atomic mass is 32.1. The number of aryl methyl sites for hydroxylation is 1. The van der Waals surface area contributed by atoms with E-state index in [1.54, 1.807) is 0 Å². The maximum Gasteiger partial charge on any atom is 0.171 e. The van der Waals surface area contributed by atoms with Crippen LogP contribution in [0.15, 0.2) is 48.5 Å². The van der Waals surface area contributed by atoms with E-state index in [1.807, 2.05) is 24.3 Å². The van der Waals surface area contributed by atoms with Crippen LogP contribution >= 0.6 is 12.2 Å². The summed E-state index contributed by atoms with van der Waals surface area (Å²) in [5, 5.41) is 7.33. The van der Waals surface area contributed by atoms with E-state index in [0.717, 1.165) is 17.9 Å². The van der Waals surface area contributed by atoms with Crippen molar-refractivity contribution in [1.29, 1.82) is 0 Å². The molecule has 0 amide bonds. The Kier molecular flexibility index (Phi) is 6.51. The minimum absolute atomic E-state index is 0.209. The summed E-state index contributed by atoms with van der Waals surface area (Å²) < 4.78 is 6.01. The predicted octanol–water partition coefficient (Wildman–Crippen LogP) is 5.75. The van der Waals surface area contributed by atoms with Crippen molar-refractivity contribution in [1.82, 2.24) is 5.32 Å². The highest BCUT2D eigenvalue weighted by molar-refractivity contribution is 7.80. The zero-order valence-electron chi connectivity index (χ0n) is 15.6. The number of hydrogen-bond acceptors (Lipinski definition) is 2. The van der Waals surface area contributed by atoms with E-state index in [-0.39, 0.29) is 6.04 Å². The molecule has 1 unspecified atom stereocenters. The van der Waals surface area contributed by atoms with Gasteiger partial charge in [-0.3, -0.25) is 0 Å². The largest absolute Gasteiger partial charge is 0.490 e. The third kappa shape index (κ3) is 5.21. The third-order valence-corrected chi connectivity index (χ3v) is 5.13. The van der Waals surface area contributed by atoms with E-state index in [2.05, 4.69) is 48.7 Å². The zero-order valence-corrected chi connectivity index (χ0v) is 16.4. The van der Waals surface area contributed by atoms with Gasteiger partial charge in [-0.2, -0.15) is 0 Å². The van der Waals surface area contributed by atoms with Crippen molar-refractivity contribution in [2.45, 2.75) is 58.1 Å². The highest BCUT2D eigenvalue weighted by Gasteiger charge is 2.16. The molecule has 26 heavy (non-hydrogen) atoms. The Hall–Kier alpha value is -2.07. The number of anilines is 1. The first-order chi connectivity index (χ1) is 12.6. The van der Waals surface area contributed by atoms with Gasteiger partial charge < -0.3 is 15.4 Å². The molecule has 0 aliphatic heterocycles. The second-order valence-electron chi connectivity index (χ2n) is 7.02. The van der Waals surface area contributed by atoms with Crippen LogP contribution in [0.25, 0.3) is 0 Å². The maximum atomic E-state index is 6.01. The van der Waals surface area contributed by atoms with Crippen molar-refractivity contribution in [3.05, 3.63) is 59.7 Å². The lowest BCUT2D eigenvalue weighted by Gasteiger charge is -2.20. The van der Waals surface area contributed by atoms with Gasteiger partial charge in [0.05, 0.1) is 12.1 Å². The number of nitrogens with one attached hydrogen (secondary N) is 2. The lowest BCUT2D eigenvalue weighted by molar-refractivity contribution is 0.210. The van der Waals surface area contributed by atoms with E-state index < -0.39 is 0 Å². The average Bonchev–Trinajstić information content (AvgIpc) is 3.15. The standard InChI is InChI=1S/C22H28N2OS/c1-3-21(17-10-8-16(2)9-11-17)24-22(26)23-18-12-14-20(15-13-18)25-19-6-4-5-7-19/h8-15,19,21H,3-7H2,1-2H3,(H2,23,24,26). The molecule has 0 spiro atoms. The molecule has 2 aromatic carbocycles. The molecule has 0 radical (unpaired) electrons. The zero-order chi connectivity index (χ0) is 18.4. The summed E-state index contributed by atoms with van der Waals surface area (Å²) in [4.78, 5) is 0. The Bertz CT molecular complexity index is 706. The average molecular weight is 369 g/mol. The van der Waals surface area contributed by atoms with Crippen LogP contribution in [-0.2, 0) is 0 Å². The van der Waals surface area contributed by atoms with E-state index in [0.29, 0.717) is 11.2 Å². The molecule has 0 saturated heterocycles.